The Labute approximate surface area is 181 Å². The van der Waals surface area contributed by atoms with Gasteiger partial charge in [0.2, 0.25) is 0 Å². The summed E-state index contributed by atoms with van der Waals surface area (Å²) in [6.07, 6.45) is 0.949. The monoisotopic (exact) mass is 453 g/mol. The molecule has 0 amide bonds. The summed E-state index contributed by atoms with van der Waals surface area (Å²) < 4.78 is 16.3. The number of ether oxygens (including phenoxy) is 3. The van der Waals surface area contributed by atoms with Crippen LogP contribution in [0.3, 0.4) is 0 Å². The highest BCUT2D eigenvalue weighted by Crippen LogP contribution is 2.37. The molecule has 0 aliphatic rings. The highest BCUT2D eigenvalue weighted by molar-refractivity contribution is 6.35. The SMILES string of the molecule is COCCCNCc1cc(Cl)c(OCc2ccc(Cl)cc2Cl)c(OC)c1.Cl. The van der Waals surface area contributed by atoms with Gasteiger partial charge in [0.1, 0.15) is 6.61 Å². The van der Waals surface area contributed by atoms with Gasteiger partial charge < -0.3 is 19.5 Å². The Morgan fingerprint density at radius 3 is 2.44 bits per heavy atom. The number of hydrogen-bond donors (Lipinski definition) is 1. The predicted molar refractivity (Wildman–Crippen MR) is 114 cm³/mol. The summed E-state index contributed by atoms with van der Waals surface area (Å²) in [5.74, 6) is 1.07. The van der Waals surface area contributed by atoms with Crippen LogP contribution >= 0.6 is 47.2 Å². The van der Waals surface area contributed by atoms with Crippen molar-refractivity contribution in [2.75, 3.05) is 27.4 Å². The van der Waals surface area contributed by atoms with Crippen molar-refractivity contribution in [2.45, 2.75) is 19.6 Å². The van der Waals surface area contributed by atoms with Crippen molar-refractivity contribution in [1.29, 1.82) is 0 Å². The van der Waals surface area contributed by atoms with E-state index in [1.54, 1.807) is 26.4 Å². The summed E-state index contributed by atoms with van der Waals surface area (Å²) in [4.78, 5) is 0. The molecular weight excluding hydrogens is 432 g/mol. The van der Waals surface area contributed by atoms with E-state index in [1.807, 2.05) is 18.2 Å². The molecule has 2 aromatic carbocycles. The second-order valence-corrected chi connectivity index (χ2v) is 6.91. The van der Waals surface area contributed by atoms with Crippen molar-refractivity contribution in [2.24, 2.45) is 0 Å². The average Bonchev–Trinajstić information content (AvgIpc) is 2.61. The summed E-state index contributed by atoms with van der Waals surface area (Å²) in [5, 5.41) is 4.96. The minimum Gasteiger partial charge on any atom is -0.493 e. The van der Waals surface area contributed by atoms with Crippen LogP contribution in [0.5, 0.6) is 11.5 Å². The lowest BCUT2D eigenvalue weighted by molar-refractivity contribution is 0.194. The number of benzene rings is 2. The molecule has 4 nitrogen and oxygen atoms in total. The van der Waals surface area contributed by atoms with Crippen LogP contribution in [0.1, 0.15) is 17.5 Å². The Morgan fingerprint density at radius 1 is 1.00 bits per heavy atom. The first-order chi connectivity index (χ1) is 12.5. The fourth-order valence-electron chi connectivity index (χ4n) is 2.38. The molecule has 0 saturated carbocycles. The number of nitrogens with one attached hydrogen (secondary N) is 1. The summed E-state index contributed by atoms with van der Waals surface area (Å²) in [6.45, 7) is 2.54. The van der Waals surface area contributed by atoms with Gasteiger partial charge in [0, 0.05) is 35.9 Å². The molecule has 0 radical (unpaired) electrons. The van der Waals surface area contributed by atoms with Crippen LogP contribution in [-0.4, -0.2) is 27.4 Å². The first kappa shape index (κ1) is 24.2. The zero-order valence-electron chi connectivity index (χ0n) is 15.2. The Kier molecular flexibility index (Phi) is 11.2. The molecule has 0 fully saturated rings. The lowest BCUT2D eigenvalue weighted by Crippen LogP contribution is -2.16. The standard InChI is InChI=1S/C19H22Cl3NO3.ClH/c1-24-7-3-6-23-11-13-8-17(22)19(18(9-13)25-2)26-12-14-4-5-15(20)10-16(14)21;/h4-5,8-10,23H,3,6-7,11-12H2,1-2H3;1H. The lowest BCUT2D eigenvalue weighted by Gasteiger charge is -2.15. The molecule has 0 atom stereocenters. The molecule has 150 valence electrons. The van der Waals surface area contributed by atoms with E-state index in [1.165, 1.54) is 0 Å². The van der Waals surface area contributed by atoms with Crippen molar-refractivity contribution < 1.29 is 14.2 Å². The van der Waals surface area contributed by atoms with Gasteiger partial charge in [-0.15, -0.1) is 12.4 Å². The van der Waals surface area contributed by atoms with E-state index in [2.05, 4.69) is 5.32 Å². The Bertz CT molecular complexity index is 728. The van der Waals surface area contributed by atoms with Crippen LogP contribution in [0, 0.1) is 0 Å². The van der Waals surface area contributed by atoms with Gasteiger partial charge in [0.15, 0.2) is 11.5 Å². The van der Waals surface area contributed by atoms with Crippen molar-refractivity contribution in [3.63, 3.8) is 0 Å². The maximum Gasteiger partial charge on any atom is 0.180 e. The van der Waals surface area contributed by atoms with Crippen LogP contribution in [0.2, 0.25) is 15.1 Å². The number of rotatable bonds is 10. The first-order valence-electron chi connectivity index (χ1n) is 8.18. The van der Waals surface area contributed by atoms with Gasteiger partial charge in [-0.25, -0.2) is 0 Å². The van der Waals surface area contributed by atoms with Crippen molar-refractivity contribution in [1.82, 2.24) is 5.32 Å². The van der Waals surface area contributed by atoms with Crippen LogP contribution in [0.25, 0.3) is 0 Å². The summed E-state index contributed by atoms with van der Waals surface area (Å²) in [7, 11) is 3.28. The molecule has 0 heterocycles. The fraction of sp³-hybridized carbons (Fsp3) is 0.368. The number of methoxy groups -OCH3 is 2. The lowest BCUT2D eigenvalue weighted by atomic mass is 10.2. The normalized spacial score (nSPS) is 10.4. The summed E-state index contributed by atoms with van der Waals surface area (Å²) in [5.41, 5.74) is 1.83. The van der Waals surface area contributed by atoms with Gasteiger partial charge in [-0.2, -0.15) is 0 Å². The molecule has 0 bridgehead atoms. The molecule has 2 aromatic rings. The van der Waals surface area contributed by atoms with E-state index in [4.69, 9.17) is 49.0 Å². The number of hydrogen-bond acceptors (Lipinski definition) is 4. The smallest absolute Gasteiger partial charge is 0.180 e. The molecule has 1 N–H and O–H groups in total. The molecule has 2 rings (SSSR count). The summed E-state index contributed by atoms with van der Waals surface area (Å²) >= 11 is 18.5. The van der Waals surface area contributed by atoms with E-state index < -0.39 is 0 Å². The first-order valence-corrected chi connectivity index (χ1v) is 9.31. The molecule has 0 aliphatic heterocycles. The van der Waals surface area contributed by atoms with Gasteiger partial charge >= 0.3 is 0 Å². The molecule has 27 heavy (non-hydrogen) atoms. The van der Waals surface area contributed by atoms with E-state index in [0.717, 1.165) is 30.7 Å². The third kappa shape index (κ3) is 7.57. The highest BCUT2D eigenvalue weighted by Gasteiger charge is 2.13. The number of halogens is 4. The molecule has 0 spiro atoms. The van der Waals surface area contributed by atoms with Crippen molar-refractivity contribution in [3.05, 3.63) is 56.5 Å². The van der Waals surface area contributed by atoms with Gasteiger partial charge in [-0.3, -0.25) is 0 Å². The Morgan fingerprint density at radius 2 is 1.78 bits per heavy atom. The Hall–Kier alpha value is -0.880. The minimum absolute atomic E-state index is 0. The molecule has 0 aliphatic carbocycles. The van der Waals surface area contributed by atoms with E-state index in [9.17, 15) is 0 Å². The third-order valence-electron chi connectivity index (χ3n) is 3.71. The second kappa shape index (κ2) is 12.6. The molecule has 0 saturated heterocycles. The fourth-order valence-corrected chi connectivity index (χ4v) is 3.13. The maximum absolute atomic E-state index is 6.40. The van der Waals surface area contributed by atoms with Crippen molar-refractivity contribution >= 4 is 47.2 Å². The molecule has 0 unspecified atom stereocenters. The molecule has 0 aromatic heterocycles. The van der Waals surface area contributed by atoms with Crippen LogP contribution in [-0.2, 0) is 17.9 Å². The van der Waals surface area contributed by atoms with Crippen LogP contribution in [0.4, 0.5) is 0 Å². The van der Waals surface area contributed by atoms with Gasteiger partial charge in [-0.05, 0) is 42.8 Å². The van der Waals surface area contributed by atoms with E-state index >= 15 is 0 Å². The predicted octanol–water partition coefficient (Wildman–Crippen LogP) is 5.78. The summed E-state index contributed by atoms with van der Waals surface area (Å²) in [6, 6.07) is 9.05. The second-order valence-electron chi connectivity index (χ2n) is 5.66. The largest absolute Gasteiger partial charge is 0.493 e. The van der Waals surface area contributed by atoms with Crippen molar-refractivity contribution in [3.8, 4) is 11.5 Å². The Balaban J connectivity index is 0.00000364. The average molecular weight is 455 g/mol. The van der Waals surface area contributed by atoms with Crippen LogP contribution < -0.4 is 14.8 Å². The maximum atomic E-state index is 6.40. The minimum atomic E-state index is 0. The highest BCUT2D eigenvalue weighted by atomic mass is 35.5. The quantitative estimate of drug-likeness (QED) is 0.461. The van der Waals surface area contributed by atoms with E-state index in [-0.39, 0.29) is 19.0 Å². The molecular formula is C19H23Cl4NO3. The zero-order valence-corrected chi connectivity index (χ0v) is 18.3. The van der Waals surface area contributed by atoms with Gasteiger partial charge in [-0.1, -0.05) is 40.9 Å². The van der Waals surface area contributed by atoms with Crippen LogP contribution in [0.15, 0.2) is 30.3 Å². The molecule has 8 heteroatoms. The topological polar surface area (TPSA) is 39.7 Å². The van der Waals surface area contributed by atoms with Gasteiger partial charge in [0.25, 0.3) is 0 Å². The van der Waals surface area contributed by atoms with E-state index in [0.29, 0.717) is 33.1 Å². The third-order valence-corrected chi connectivity index (χ3v) is 4.58. The van der Waals surface area contributed by atoms with Gasteiger partial charge in [0.05, 0.1) is 12.1 Å². The zero-order chi connectivity index (χ0) is 18.9.